The molecule has 0 aliphatic heterocycles. The van der Waals surface area contributed by atoms with E-state index in [1.54, 1.807) is 6.92 Å². The number of benzene rings is 1. The Morgan fingerprint density at radius 2 is 2.00 bits per heavy atom. The Morgan fingerprint density at radius 3 is 2.59 bits per heavy atom. The molecule has 0 saturated heterocycles. The maximum absolute atomic E-state index is 13.2. The molecule has 96 valence electrons. The van der Waals surface area contributed by atoms with Gasteiger partial charge in [0, 0.05) is 13.1 Å². The van der Waals surface area contributed by atoms with E-state index in [-0.39, 0.29) is 11.4 Å². The van der Waals surface area contributed by atoms with Crippen LogP contribution in [-0.4, -0.2) is 28.1 Å². The minimum Gasteiger partial charge on any atom is -0.316 e. The number of hydrogen-bond donors (Lipinski definition) is 2. The number of sulfonamides is 1. The van der Waals surface area contributed by atoms with Crippen LogP contribution in [0.1, 0.15) is 12.5 Å². The fourth-order valence-electron chi connectivity index (χ4n) is 1.27. The molecule has 0 unspecified atom stereocenters. The monoisotopic (exact) mass is 260 g/mol. The Labute approximate surface area is 101 Å². The quantitative estimate of drug-likeness (QED) is 0.751. The third kappa shape index (κ3) is 4.07. The zero-order valence-electron chi connectivity index (χ0n) is 9.96. The van der Waals surface area contributed by atoms with Crippen molar-refractivity contribution in [3.8, 4) is 0 Å². The van der Waals surface area contributed by atoms with Crippen LogP contribution in [0.15, 0.2) is 23.1 Å². The van der Waals surface area contributed by atoms with E-state index in [1.807, 2.05) is 6.92 Å². The van der Waals surface area contributed by atoms with Crippen LogP contribution in [0.25, 0.3) is 0 Å². The summed E-state index contributed by atoms with van der Waals surface area (Å²) in [7, 11) is -3.61. The van der Waals surface area contributed by atoms with E-state index in [1.165, 1.54) is 12.1 Å². The smallest absolute Gasteiger partial charge is 0.240 e. The Morgan fingerprint density at radius 1 is 1.29 bits per heavy atom. The predicted molar refractivity (Wildman–Crippen MR) is 64.9 cm³/mol. The number of nitrogens with one attached hydrogen (secondary N) is 2. The molecule has 0 spiro atoms. The lowest BCUT2D eigenvalue weighted by Gasteiger charge is -2.07. The highest BCUT2D eigenvalue weighted by Crippen LogP contribution is 2.13. The van der Waals surface area contributed by atoms with Gasteiger partial charge < -0.3 is 5.32 Å². The lowest BCUT2D eigenvalue weighted by atomic mass is 10.2. The third-order valence-corrected chi connectivity index (χ3v) is 3.76. The summed E-state index contributed by atoms with van der Waals surface area (Å²) in [5.41, 5.74) is 0.427. The van der Waals surface area contributed by atoms with Crippen LogP contribution in [0.5, 0.6) is 0 Å². The fraction of sp³-hybridized carbons (Fsp3) is 0.455. The van der Waals surface area contributed by atoms with Crippen LogP contribution in [0.3, 0.4) is 0 Å². The second-order valence-corrected chi connectivity index (χ2v) is 5.43. The van der Waals surface area contributed by atoms with Crippen molar-refractivity contribution in [2.24, 2.45) is 0 Å². The van der Waals surface area contributed by atoms with Crippen LogP contribution >= 0.6 is 0 Å². The summed E-state index contributed by atoms with van der Waals surface area (Å²) in [6.07, 6.45) is 0. The van der Waals surface area contributed by atoms with Gasteiger partial charge in [0.1, 0.15) is 5.82 Å². The molecular weight excluding hydrogens is 243 g/mol. The molecule has 2 N–H and O–H groups in total. The van der Waals surface area contributed by atoms with E-state index >= 15 is 0 Å². The average molecular weight is 260 g/mol. The predicted octanol–water partition coefficient (Wildman–Crippen LogP) is 1.02. The Balaban J connectivity index is 2.72. The molecule has 0 radical (unpaired) electrons. The summed E-state index contributed by atoms with van der Waals surface area (Å²) in [6.45, 7) is 5.13. The molecule has 0 atom stereocenters. The Hall–Kier alpha value is -0.980. The first-order valence-corrected chi connectivity index (χ1v) is 6.92. The van der Waals surface area contributed by atoms with Crippen LogP contribution in [0.2, 0.25) is 0 Å². The summed E-state index contributed by atoms with van der Waals surface area (Å²) in [5.74, 6) is -0.514. The molecule has 0 heterocycles. The van der Waals surface area contributed by atoms with E-state index < -0.39 is 15.8 Å². The molecule has 1 aromatic rings. The molecule has 1 rings (SSSR count). The first-order valence-electron chi connectivity index (χ1n) is 5.44. The van der Waals surface area contributed by atoms with Crippen molar-refractivity contribution in [3.63, 3.8) is 0 Å². The van der Waals surface area contributed by atoms with Gasteiger partial charge in [-0.1, -0.05) is 13.0 Å². The molecule has 4 nitrogen and oxygen atoms in total. The number of aryl methyl sites for hydroxylation is 1. The van der Waals surface area contributed by atoms with Crippen molar-refractivity contribution < 1.29 is 12.8 Å². The number of rotatable bonds is 6. The summed E-state index contributed by atoms with van der Waals surface area (Å²) < 4.78 is 39.2. The largest absolute Gasteiger partial charge is 0.316 e. The van der Waals surface area contributed by atoms with Gasteiger partial charge in [0.15, 0.2) is 0 Å². The summed E-state index contributed by atoms with van der Waals surface area (Å²) >= 11 is 0. The van der Waals surface area contributed by atoms with Crippen molar-refractivity contribution >= 4 is 10.0 Å². The van der Waals surface area contributed by atoms with Crippen molar-refractivity contribution in [1.29, 1.82) is 0 Å². The standard InChI is InChI=1S/C11H17FN2O2S/c1-3-13-6-7-14-17(15,16)10-5-4-9(2)11(12)8-10/h4-5,8,13-14H,3,6-7H2,1-2H3. The zero-order valence-corrected chi connectivity index (χ0v) is 10.8. The molecule has 1 aromatic carbocycles. The second-order valence-electron chi connectivity index (χ2n) is 3.66. The topological polar surface area (TPSA) is 58.2 Å². The van der Waals surface area contributed by atoms with Gasteiger partial charge in [-0.2, -0.15) is 0 Å². The van der Waals surface area contributed by atoms with Gasteiger partial charge in [-0.05, 0) is 31.2 Å². The van der Waals surface area contributed by atoms with Crippen LogP contribution in [0.4, 0.5) is 4.39 Å². The van der Waals surface area contributed by atoms with E-state index in [0.717, 1.165) is 12.6 Å². The van der Waals surface area contributed by atoms with Gasteiger partial charge in [0.25, 0.3) is 0 Å². The molecule has 0 fully saturated rings. The molecule has 0 amide bonds. The molecule has 0 bridgehead atoms. The first kappa shape index (κ1) is 14.1. The van der Waals surface area contributed by atoms with E-state index in [9.17, 15) is 12.8 Å². The van der Waals surface area contributed by atoms with Crippen molar-refractivity contribution in [3.05, 3.63) is 29.6 Å². The molecule has 0 aromatic heterocycles. The normalized spacial score (nSPS) is 11.7. The number of likely N-dealkylation sites (N-methyl/N-ethyl adjacent to an activating group) is 1. The highest BCUT2D eigenvalue weighted by molar-refractivity contribution is 7.89. The third-order valence-electron chi connectivity index (χ3n) is 2.30. The minimum absolute atomic E-state index is 0.0444. The second kappa shape index (κ2) is 6.09. The van der Waals surface area contributed by atoms with E-state index in [2.05, 4.69) is 10.0 Å². The first-order chi connectivity index (χ1) is 7.97. The maximum atomic E-state index is 13.2. The number of halogens is 1. The molecule has 0 aliphatic rings. The molecule has 0 aliphatic carbocycles. The van der Waals surface area contributed by atoms with Crippen molar-refractivity contribution in [2.45, 2.75) is 18.7 Å². The van der Waals surface area contributed by atoms with Gasteiger partial charge in [0.05, 0.1) is 4.90 Å². The summed E-state index contributed by atoms with van der Waals surface area (Å²) in [6, 6.07) is 3.88. The summed E-state index contributed by atoms with van der Waals surface area (Å²) in [5, 5.41) is 2.99. The van der Waals surface area contributed by atoms with Crippen molar-refractivity contribution in [2.75, 3.05) is 19.6 Å². The molecule has 0 saturated carbocycles. The van der Waals surface area contributed by atoms with Crippen molar-refractivity contribution in [1.82, 2.24) is 10.0 Å². The highest BCUT2D eigenvalue weighted by atomic mass is 32.2. The van der Waals surface area contributed by atoms with Gasteiger partial charge in [-0.3, -0.25) is 0 Å². The van der Waals surface area contributed by atoms with E-state index in [4.69, 9.17) is 0 Å². The molecule has 6 heteroatoms. The Kier molecular flexibility index (Phi) is 5.04. The zero-order chi connectivity index (χ0) is 12.9. The van der Waals surface area contributed by atoms with Crippen LogP contribution in [-0.2, 0) is 10.0 Å². The molecule has 17 heavy (non-hydrogen) atoms. The maximum Gasteiger partial charge on any atom is 0.240 e. The summed E-state index contributed by atoms with van der Waals surface area (Å²) in [4.78, 5) is -0.0444. The van der Waals surface area contributed by atoms with Gasteiger partial charge >= 0.3 is 0 Å². The van der Waals surface area contributed by atoms with Gasteiger partial charge in [-0.25, -0.2) is 17.5 Å². The van der Waals surface area contributed by atoms with Crippen LogP contribution in [0, 0.1) is 12.7 Å². The minimum atomic E-state index is -3.61. The SMILES string of the molecule is CCNCCNS(=O)(=O)c1ccc(C)c(F)c1. The average Bonchev–Trinajstić information content (AvgIpc) is 2.28. The number of hydrogen-bond acceptors (Lipinski definition) is 3. The lowest BCUT2D eigenvalue weighted by molar-refractivity contribution is 0.573. The van der Waals surface area contributed by atoms with Gasteiger partial charge in [0.2, 0.25) is 10.0 Å². The Bertz CT molecular complexity index is 474. The van der Waals surface area contributed by atoms with Gasteiger partial charge in [-0.15, -0.1) is 0 Å². The highest BCUT2D eigenvalue weighted by Gasteiger charge is 2.14. The van der Waals surface area contributed by atoms with E-state index in [0.29, 0.717) is 12.1 Å². The molecular formula is C11H17FN2O2S. The fourth-order valence-corrected chi connectivity index (χ4v) is 2.32. The lowest BCUT2D eigenvalue weighted by Crippen LogP contribution is -2.31. The van der Waals surface area contributed by atoms with Crippen LogP contribution < -0.4 is 10.0 Å².